The lowest BCUT2D eigenvalue weighted by atomic mass is 10.9. The third-order valence-electron chi connectivity index (χ3n) is 1.56. The molecule has 0 spiro atoms. The highest BCUT2D eigenvalue weighted by atomic mass is 32.3. The zero-order chi connectivity index (χ0) is 10.7. The van der Waals surface area contributed by atoms with Crippen molar-refractivity contribution in [3.63, 3.8) is 0 Å². The summed E-state index contributed by atoms with van der Waals surface area (Å²) in [5, 5.41) is 8.45. The van der Waals surface area contributed by atoms with Gasteiger partial charge >= 0.3 is 0 Å². The molecule has 0 unspecified atom stereocenters. The largest absolute Gasteiger partial charge is 0.247 e. The summed E-state index contributed by atoms with van der Waals surface area (Å²) in [4.78, 5) is 0. The van der Waals surface area contributed by atoms with Gasteiger partial charge in [-0.15, -0.1) is 0 Å². The fourth-order valence-electron chi connectivity index (χ4n) is 0.687. The molecule has 0 aliphatic carbocycles. The Morgan fingerprint density at radius 1 is 1.08 bits per heavy atom. The number of hydrogen-bond acceptors (Lipinski definition) is 5. The molecule has 0 N–H and O–H groups in total. The quantitative estimate of drug-likeness (QED) is 0.655. The maximum Gasteiger partial charge on any atom is 0.247 e. The molecule has 0 saturated heterocycles. The van der Waals surface area contributed by atoms with Gasteiger partial charge in [0.2, 0.25) is 4.58 Å². The summed E-state index contributed by atoms with van der Waals surface area (Å²) in [5.41, 5.74) is 0. The van der Waals surface area contributed by atoms with Crippen LogP contribution in [0.25, 0.3) is 0 Å². The Balaban J connectivity index is 5.34. The molecular weight excluding hydrogens is 214 g/mol. The Bertz CT molecular complexity index is 366. The van der Waals surface area contributed by atoms with Crippen LogP contribution in [0.4, 0.5) is 0 Å². The smallest absolute Gasteiger partial charge is 0.226 e. The van der Waals surface area contributed by atoms with Crippen LogP contribution in [0.3, 0.4) is 0 Å². The average Bonchev–Trinajstić information content (AvgIpc) is 2.05. The molecule has 0 aromatic heterocycles. The van der Waals surface area contributed by atoms with Crippen LogP contribution in [0.5, 0.6) is 0 Å². The first-order valence-corrected chi connectivity index (χ1v) is 7.07. The minimum atomic E-state index is -3.83. The van der Waals surface area contributed by atoms with Crippen molar-refractivity contribution in [2.45, 2.75) is 18.4 Å². The summed E-state index contributed by atoms with van der Waals surface area (Å²) < 4.78 is 42.6. The first kappa shape index (κ1) is 12.4. The molecule has 0 radical (unpaired) electrons. The monoisotopic (exact) mass is 225 g/mol. The molecule has 0 aliphatic rings. The summed E-state index contributed by atoms with van der Waals surface area (Å²) >= 11 is 0. The van der Waals surface area contributed by atoms with Gasteiger partial charge in [-0.1, -0.05) is 13.8 Å². The van der Waals surface area contributed by atoms with E-state index in [-0.39, 0.29) is 11.5 Å². The van der Waals surface area contributed by atoms with Crippen molar-refractivity contribution >= 4 is 19.7 Å². The Kier molecular flexibility index (Phi) is 3.88. The van der Waals surface area contributed by atoms with Crippen LogP contribution in [-0.4, -0.2) is 32.9 Å². The summed E-state index contributed by atoms with van der Waals surface area (Å²) in [6.45, 7) is 2.62. The van der Waals surface area contributed by atoms with Gasteiger partial charge in [0.1, 0.15) is 0 Å². The number of nitriles is 1. The van der Waals surface area contributed by atoms with Crippen LogP contribution >= 0.6 is 0 Å². The van der Waals surface area contributed by atoms with Crippen LogP contribution in [0.2, 0.25) is 0 Å². The minimum absolute atomic E-state index is 0.343. The molecule has 0 saturated carbocycles. The third-order valence-corrected chi connectivity index (χ3v) is 6.45. The van der Waals surface area contributed by atoms with E-state index in [2.05, 4.69) is 0 Å². The number of hydrogen-bond donors (Lipinski definition) is 0. The molecule has 0 aromatic rings. The van der Waals surface area contributed by atoms with Crippen molar-refractivity contribution in [2.75, 3.05) is 11.5 Å². The second-order valence-electron chi connectivity index (χ2n) is 2.36. The second-order valence-corrected chi connectivity index (χ2v) is 7.41. The molecule has 7 heteroatoms. The third kappa shape index (κ3) is 2.67. The molecule has 0 amide bonds. The van der Waals surface area contributed by atoms with E-state index < -0.39 is 24.3 Å². The molecule has 0 rings (SSSR count). The Morgan fingerprint density at radius 3 is 1.54 bits per heavy atom. The number of nitrogens with zero attached hydrogens (tertiary/aromatic N) is 1. The minimum Gasteiger partial charge on any atom is -0.226 e. The standard InChI is InChI=1S/C6H11NO4S2/c1-3-12(8,9)6(5-7)13(10,11)4-2/h6H,3-4H2,1-2H3. The Labute approximate surface area is 78.2 Å². The van der Waals surface area contributed by atoms with E-state index in [9.17, 15) is 16.8 Å². The molecule has 76 valence electrons. The molecule has 0 bridgehead atoms. The van der Waals surface area contributed by atoms with Gasteiger partial charge in [-0.3, -0.25) is 0 Å². The van der Waals surface area contributed by atoms with Crippen LogP contribution in [0, 0.1) is 11.3 Å². The fourth-order valence-corrected chi connectivity index (χ4v) is 4.22. The lowest BCUT2D eigenvalue weighted by Crippen LogP contribution is -2.31. The van der Waals surface area contributed by atoms with Crippen molar-refractivity contribution in [3.8, 4) is 6.07 Å². The Morgan fingerprint density at radius 2 is 1.38 bits per heavy atom. The molecule has 0 aliphatic heterocycles. The lowest BCUT2D eigenvalue weighted by Gasteiger charge is -2.07. The first-order valence-electron chi connectivity index (χ1n) is 3.64. The summed E-state index contributed by atoms with van der Waals surface area (Å²) in [6, 6.07) is 1.31. The van der Waals surface area contributed by atoms with E-state index in [1.807, 2.05) is 0 Å². The lowest BCUT2D eigenvalue weighted by molar-refractivity contribution is 0.584. The number of sulfone groups is 2. The van der Waals surface area contributed by atoms with Crippen molar-refractivity contribution in [3.05, 3.63) is 0 Å². The molecule has 0 atom stereocenters. The van der Waals surface area contributed by atoms with Gasteiger partial charge in [0.15, 0.2) is 19.7 Å². The number of rotatable bonds is 4. The van der Waals surface area contributed by atoms with E-state index in [0.29, 0.717) is 0 Å². The summed E-state index contributed by atoms with van der Waals surface area (Å²) in [6.07, 6.45) is 0. The van der Waals surface area contributed by atoms with E-state index in [1.54, 1.807) is 0 Å². The molecular formula is C6H11NO4S2. The van der Waals surface area contributed by atoms with E-state index >= 15 is 0 Å². The van der Waals surface area contributed by atoms with Gasteiger partial charge in [-0.2, -0.15) is 5.26 Å². The highest BCUT2D eigenvalue weighted by Gasteiger charge is 2.35. The SMILES string of the molecule is CCS(=O)(=O)C(C#N)S(=O)(=O)CC. The highest BCUT2D eigenvalue weighted by Crippen LogP contribution is 2.10. The Hall–Kier alpha value is -0.610. The van der Waals surface area contributed by atoms with Gasteiger partial charge in [-0.25, -0.2) is 16.8 Å². The van der Waals surface area contributed by atoms with E-state index in [4.69, 9.17) is 5.26 Å². The summed E-state index contributed by atoms with van der Waals surface area (Å²) in [5.74, 6) is -0.686. The van der Waals surface area contributed by atoms with Crippen molar-refractivity contribution < 1.29 is 16.8 Å². The van der Waals surface area contributed by atoms with Gasteiger partial charge in [0, 0.05) is 11.5 Å². The van der Waals surface area contributed by atoms with Crippen LogP contribution in [0.1, 0.15) is 13.8 Å². The highest BCUT2D eigenvalue weighted by molar-refractivity contribution is 8.09. The molecule has 0 heterocycles. The van der Waals surface area contributed by atoms with Gasteiger partial charge < -0.3 is 0 Å². The fraction of sp³-hybridized carbons (Fsp3) is 0.833. The maximum absolute atomic E-state index is 11.1. The van der Waals surface area contributed by atoms with Crippen molar-refractivity contribution in [1.29, 1.82) is 5.26 Å². The van der Waals surface area contributed by atoms with Crippen molar-refractivity contribution in [2.24, 2.45) is 0 Å². The maximum atomic E-state index is 11.1. The zero-order valence-corrected chi connectivity index (χ0v) is 9.02. The van der Waals surface area contributed by atoms with Gasteiger partial charge in [0.25, 0.3) is 0 Å². The predicted molar refractivity (Wildman–Crippen MR) is 48.3 cm³/mol. The average molecular weight is 225 g/mol. The normalized spacial score (nSPS) is 12.8. The molecule has 0 fully saturated rings. The van der Waals surface area contributed by atoms with Crippen LogP contribution < -0.4 is 0 Å². The predicted octanol–water partition coefficient (Wildman–Crippen LogP) is -0.295. The van der Waals surface area contributed by atoms with Gasteiger partial charge in [-0.05, 0) is 0 Å². The van der Waals surface area contributed by atoms with E-state index in [0.717, 1.165) is 0 Å². The van der Waals surface area contributed by atoms with Crippen LogP contribution in [0.15, 0.2) is 0 Å². The second kappa shape index (κ2) is 4.07. The van der Waals surface area contributed by atoms with Crippen LogP contribution in [-0.2, 0) is 19.7 Å². The zero-order valence-electron chi connectivity index (χ0n) is 7.39. The molecule has 13 heavy (non-hydrogen) atoms. The van der Waals surface area contributed by atoms with Crippen molar-refractivity contribution in [1.82, 2.24) is 0 Å². The first-order chi connectivity index (χ1) is 5.81. The molecule has 0 aromatic carbocycles. The van der Waals surface area contributed by atoms with E-state index in [1.165, 1.54) is 19.9 Å². The summed E-state index contributed by atoms with van der Waals surface area (Å²) in [7, 11) is -7.66. The topological polar surface area (TPSA) is 92.1 Å². The molecule has 5 nitrogen and oxygen atoms in total. The van der Waals surface area contributed by atoms with Gasteiger partial charge in [0.05, 0.1) is 6.07 Å².